The lowest BCUT2D eigenvalue weighted by molar-refractivity contribution is -0.147. The molecule has 66 heavy (non-hydrogen) atoms. The molecule has 0 aromatic heterocycles. The minimum atomic E-state index is -4.78. The molecular weight excluding hydrogens is 854 g/mol. The summed E-state index contributed by atoms with van der Waals surface area (Å²) in [6.07, 6.45) is 62.4. The van der Waals surface area contributed by atoms with E-state index in [2.05, 4.69) is 129 Å². The second-order valence-electron chi connectivity index (χ2n) is 16.3. The third kappa shape index (κ3) is 46.7. The Morgan fingerprint density at radius 1 is 0.500 bits per heavy atom. The van der Waals surface area contributed by atoms with Gasteiger partial charge in [0.05, 0.1) is 13.2 Å². The summed E-state index contributed by atoms with van der Waals surface area (Å²) in [6, 6.07) is -1.56. The van der Waals surface area contributed by atoms with Gasteiger partial charge in [0.25, 0.3) is 0 Å². The van der Waals surface area contributed by atoms with E-state index in [4.69, 9.17) is 13.8 Å². The monoisotopic (exact) mass is 942 g/mol. The van der Waals surface area contributed by atoms with Gasteiger partial charge in [-0.25, -0.2) is 9.36 Å². The van der Waals surface area contributed by atoms with Crippen LogP contribution in [0.25, 0.3) is 0 Å². The zero-order valence-corrected chi connectivity index (χ0v) is 41.6. The maximum absolute atomic E-state index is 12.4. The van der Waals surface area contributed by atoms with Crippen molar-refractivity contribution < 1.29 is 47.8 Å². The molecule has 12 heteroatoms. The fourth-order valence-electron chi connectivity index (χ4n) is 6.21. The lowest BCUT2D eigenvalue weighted by Crippen LogP contribution is -2.43. The van der Waals surface area contributed by atoms with Crippen LogP contribution in [-0.4, -0.2) is 64.9 Å². The van der Waals surface area contributed by atoms with Crippen LogP contribution >= 0.6 is 7.82 Å². The minimum absolute atomic E-state index is 0.123. The van der Waals surface area contributed by atoms with Crippen LogP contribution in [0.1, 0.15) is 181 Å². The van der Waals surface area contributed by atoms with Gasteiger partial charge in [0.1, 0.15) is 12.7 Å². The maximum atomic E-state index is 12.4. The van der Waals surface area contributed by atoms with Crippen molar-refractivity contribution in [2.75, 3.05) is 19.8 Å². The number of nitrogens with one attached hydrogen (secondary N) is 1. The number of unbranched alkanes of at least 4 members (excludes halogenated alkanes) is 13. The van der Waals surface area contributed by atoms with Gasteiger partial charge in [0, 0.05) is 12.8 Å². The van der Waals surface area contributed by atoms with E-state index in [0.717, 1.165) is 116 Å². The van der Waals surface area contributed by atoms with Gasteiger partial charge in [0.2, 0.25) is 5.91 Å². The van der Waals surface area contributed by atoms with Gasteiger partial charge < -0.3 is 25.2 Å². The number of hydrogen-bond donors (Lipinski definition) is 4. The van der Waals surface area contributed by atoms with Crippen molar-refractivity contribution >= 4 is 25.7 Å². The Bertz CT molecular complexity index is 1530. The molecule has 0 aromatic carbocycles. The van der Waals surface area contributed by atoms with Crippen molar-refractivity contribution in [3.63, 3.8) is 0 Å². The van der Waals surface area contributed by atoms with E-state index < -0.39 is 57.6 Å². The van der Waals surface area contributed by atoms with Gasteiger partial charge in [-0.1, -0.05) is 175 Å². The number of aliphatic hydroxyl groups excluding tert-OH is 1. The molecule has 0 heterocycles. The summed E-state index contributed by atoms with van der Waals surface area (Å²) in [7, 11) is -4.78. The van der Waals surface area contributed by atoms with Crippen molar-refractivity contribution in [2.24, 2.45) is 0 Å². The summed E-state index contributed by atoms with van der Waals surface area (Å²) in [5, 5.41) is 21.9. The molecule has 0 spiro atoms. The standard InChI is InChI=1S/C54H88NO10P/c1-3-5-7-9-11-13-15-17-19-21-23-24-25-26-28-30-32-34-36-38-40-42-44-46-53(58)63-47-50(56)48-64-66(61,62)65-49-51(54(59)60)55-52(57)45-43-41-39-37-35-33-31-29-27-22-20-18-16-14-12-10-8-6-4-2/h5,7,11-14,17-20,23-24,26-29,32,34,50-51,56H,3-4,6,8-10,15-16,21-22,25,30-31,33,35-49H2,1-2H3,(H,55,57)(H,59,60)(H,61,62)/b7-5-,13-11-,14-12-,19-17-,20-18-,24-23-,28-26-,29-27-,34-32-. The van der Waals surface area contributed by atoms with E-state index in [-0.39, 0.29) is 12.8 Å². The summed E-state index contributed by atoms with van der Waals surface area (Å²) in [5.74, 6) is -2.43. The molecule has 0 radical (unpaired) electrons. The summed E-state index contributed by atoms with van der Waals surface area (Å²) >= 11 is 0. The van der Waals surface area contributed by atoms with Gasteiger partial charge >= 0.3 is 19.8 Å². The largest absolute Gasteiger partial charge is 0.480 e. The van der Waals surface area contributed by atoms with E-state index in [1.807, 2.05) is 0 Å². The van der Waals surface area contributed by atoms with Crippen molar-refractivity contribution in [1.82, 2.24) is 5.32 Å². The predicted octanol–water partition coefficient (Wildman–Crippen LogP) is 13.8. The third-order valence-electron chi connectivity index (χ3n) is 10.0. The van der Waals surface area contributed by atoms with Crippen LogP contribution in [0.5, 0.6) is 0 Å². The fourth-order valence-corrected chi connectivity index (χ4v) is 6.98. The molecule has 0 rings (SSSR count). The first-order valence-electron chi connectivity index (χ1n) is 24.9. The lowest BCUT2D eigenvalue weighted by Gasteiger charge is -2.18. The minimum Gasteiger partial charge on any atom is -0.480 e. The van der Waals surface area contributed by atoms with Crippen LogP contribution in [0, 0.1) is 0 Å². The summed E-state index contributed by atoms with van der Waals surface area (Å²) < 4.78 is 26.9. The molecule has 0 saturated carbocycles. The first kappa shape index (κ1) is 62.1. The van der Waals surface area contributed by atoms with E-state index in [1.54, 1.807) is 0 Å². The number of phosphoric acid groups is 1. The number of carbonyl (C=O) groups is 3. The number of aliphatic hydroxyl groups is 1. The first-order valence-corrected chi connectivity index (χ1v) is 26.4. The molecule has 3 atom stereocenters. The number of carbonyl (C=O) groups excluding carboxylic acids is 2. The Kier molecular flexibility index (Phi) is 44.8. The quantitative estimate of drug-likeness (QED) is 0.0200. The third-order valence-corrected chi connectivity index (χ3v) is 11.0. The molecule has 0 aromatic rings. The SMILES string of the molecule is CC/C=C\C/C=C\C/C=C\C/C=C\C/C=C\C/C=C\CCCCCCC(=O)OCC(O)COP(=O)(O)OCC(NC(=O)CCCCCCCC/C=C\C/C=C\C/C=C\CCCCC)C(=O)O. The number of carboxylic acids is 1. The van der Waals surface area contributed by atoms with Gasteiger partial charge in [0.15, 0.2) is 6.04 Å². The number of aliphatic carboxylic acids is 1. The molecule has 3 unspecified atom stereocenters. The highest BCUT2D eigenvalue weighted by Gasteiger charge is 2.28. The van der Waals surface area contributed by atoms with E-state index in [1.165, 1.54) is 25.7 Å². The predicted molar refractivity (Wildman–Crippen MR) is 272 cm³/mol. The zero-order valence-electron chi connectivity index (χ0n) is 40.7. The highest BCUT2D eigenvalue weighted by Crippen LogP contribution is 2.43. The fraction of sp³-hybridized carbons (Fsp3) is 0.611. The number of carboxylic acid groups (broad SMARTS) is 1. The Hall–Kier alpha value is -3.86. The van der Waals surface area contributed by atoms with Crippen molar-refractivity contribution in [3.8, 4) is 0 Å². The topological polar surface area (TPSA) is 169 Å². The number of amides is 1. The zero-order chi connectivity index (χ0) is 48.4. The number of allylic oxidation sites excluding steroid dienone is 18. The number of hydrogen-bond acceptors (Lipinski definition) is 8. The Balaban J connectivity index is 3.94. The number of rotatable bonds is 45. The molecule has 374 valence electrons. The van der Waals surface area contributed by atoms with Gasteiger partial charge in [-0.05, 0) is 103 Å². The Morgan fingerprint density at radius 2 is 0.879 bits per heavy atom. The molecule has 0 fully saturated rings. The van der Waals surface area contributed by atoms with Crippen LogP contribution in [0.3, 0.4) is 0 Å². The molecule has 0 bridgehead atoms. The van der Waals surface area contributed by atoms with Gasteiger partial charge in [-0.3, -0.25) is 18.6 Å². The first-order chi connectivity index (χ1) is 32.1. The molecule has 1 amide bonds. The molecule has 0 aliphatic carbocycles. The van der Waals surface area contributed by atoms with E-state index >= 15 is 0 Å². The summed E-state index contributed by atoms with van der Waals surface area (Å²) in [6.45, 7) is 2.41. The average molecular weight is 942 g/mol. The molecule has 11 nitrogen and oxygen atoms in total. The molecular formula is C54H88NO10P. The van der Waals surface area contributed by atoms with Crippen LogP contribution in [0.15, 0.2) is 109 Å². The molecule has 0 aliphatic rings. The highest BCUT2D eigenvalue weighted by atomic mass is 31.2. The number of ether oxygens (including phenoxy) is 1. The molecule has 4 N–H and O–H groups in total. The normalized spacial score (nSPS) is 14.5. The molecule has 0 aliphatic heterocycles. The van der Waals surface area contributed by atoms with Crippen molar-refractivity contribution in [2.45, 2.75) is 193 Å². The molecule has 0 saturated heterocycles. The second-order valence-corrected chi connectivity index (χ2v) is 17.7. The van der Waals surface area contributed by atoms with Crippen LogP contribution in [-0.2, 0) is 32.7 Å². The summed E-state index contributed by atoms with van der Waals surface area (Å²) in [5.41, 5.74) is 0. The Labute approximate surface area is 399 Å². The van der Waals surface area contributed by atoms with Crippen molar-refractivity contribution in [1.29, 1.82) is 0 Å². The van der Waals surface area contributed by atoms with Crippen LogP contribution < -0.4 is 5.32 Å². The smallest absolute Gasteiger partial charge is 0.472 e. The van der Waals surface area contributed by atoms with E-state index in [0.29, 0.717) is 12.8 Å². The lowest BCUT2D eigenvalue weighted by atomic mass is 10.1. The van der Waals surface area contributed by atoms with Crippen molar-refractivity contribution in [3.05, 3.63) is 109 Å². The number of phosphoric ester groups is 1. The van der Waals surface area contributed by atoms with Gasteiger partial charge in [-0.2, -0.15) is 0 Å². The summed E-state index contributed by atoms with van der Waals surface area (Å²) in [4.78, 5) is 46.1. The van der Waals surface area contributed by atoms with E-state index in [9.17, 15) is 34.1 Å². The maximum Gasteiger partial charge on any atom is 0.472 e. The van der Waals surface area contributed by atoms with Crippen LogP contribution in [0.2, 0.25) is 0 Å². The number of esters is 1. The highest BCUT2D eigenvalue weighted by molar-refractivity contribution is 7.47. The average Bonchev–Trinajstić information content (AvgIpc) is 3.29. The Morgan fingerprint density at radius 3 is 1.32 bits per heavy atom. The van der Waals surface area contributed by atoms with Gasteiger partial charge in [-0.15, -0.1) is 0 Å². The second kappa shape index (κ2) is 47.6. The van der Waals surface area contributed by atoms with Crippen LogP contribution in [0.4, 0.5) is 0 Å².